The maximum Gasteiger partial charge on any atom is 0.306 e. The van der Waals surface area contributed by atoms with E-state index in [4.69, 9.17) is 10.00 Å². The molecule has 2 rings (SSSR count). The van der Waals surface area contributed by atoms with E-state index in [1.807, 2.05) is 38.1 Å². The zero-order chi connectivity index (χ0) is 21.7. The third-order valence-electron chi connectivity index (χ3n) is 4.91. The zero-order valence-corrected chi connectivity index (χ0v) is 17.3. The maximum absolute atomic E-state index is 12.4. The SMILES string of the molecule is Cc1cccc(C)c1NC(=O)[C@H](C)OC(=O)CCc1c(C)[nH]c(=O)c(C#N)c1C. The standard InChI is InChI=1S/C22H25N3O4/c1-12-7-6-8-13(2)20(12)25-21(27)16(5)29-19(26)10-9-17-14(3)18(11-23)22(28)24-15(17)4/h6-8,16H,9-10H2,1-5H3,(H,24,28)(H,25,27)/t16-/m0/s1. The van der Waals surface area contributed by atoms with Crippen molar-refractivity contribution in [1.29, 1.82) is 5.26 Å². The van der Waals surface area contributed by atoms with Crippen molar-refractivity contribution in [3.8, 4) is 6.07 Å². The van der Waals surface area contributed by atoms with Crippen LogP contribution in [-0.2, 0) is 20.7 Å². The Labute approximate surface area is 169 Å². The number of carbonyl (C=O) groups excluding carboxylic acids is 2. The molecule has 152 valence electrons. The van der Waals surface area contributed by atoms with Crippen molar-refractivity contribution in [3.63, 3.8) is 0 Å². The first-order chi connectivity index (χ1) is 13.6. The van der Waals surface area contributed by atoms with Crippen LogP contribution in [0.2, 0.25) is 0 Å². The molecule has 0 aliphatic heterocycles. The van der Waals surface area contributed by atoms with Gasteiger partial charge in [0.25, 0.3) is 11.5 Å². The van der Waals surface area contributed by atoms with E-state index in [2.05, 4.69) is 10.3 Å². The summed E-state index contributed by atoms with van der Waals surface area (Å²) in [5.41, 5.74) is 4.06. The fourth-order valence-corrected chi connectivity index (χ4v) is 3.19. The average Bonchev–Trinajstić information content (AvgIpc) is 2.64. The number of nitrogens with one attached hydrogen (secondary N) is 2. The maximum atomic E-state index is 12.4. The highest BCUT2D eigenvalue weighted by Crippen LogP contribution is 2.20. The van der Waals surface area contributed by atoms with Crippen LogP contribution in [0.25, 0.3) is 0 Å². The van der Waals surface area contributed by atoms with Crippen LogP contribution in [0.5, 0.6) is 0 Å². The summed E-state index contributed by atoms with van der Waals surface area (Å²) in [4.78, 5) is 39.0. The van der Waals surface area contributed by atoms with E-state index >= 15 is 0 Å². The minimum Gasteiger partial charge on any atom is -0.453 e. The topological polar surface area (TPSA) is 112 Å². The van der Waals surface area contributed by atoms with Gasteiger partial charge in [-0.15, -0.1) is 0 Å². The molecular formula is C22H25N3O4. The molecule has 1 aromatic carbocycles. The van der Waals surface area contributed by atoms with Crippen LogP contribution in [0.3, 0.4) is 0 Å². The third kappa shape index (κ3) is 5.11. The van der Waals surface area contributed by atoms with Crippen LogP contribution >= 0.6 is 0 Å². The number of amides is 1. The summed E-state index contributed by atoms with van der Waals surface area (Å²) in [6.45, 7) is 8.71. The number of pyridine rings is 1. The van der Waals surface area contributed by atoms with Crippen LogP contribution in [0.4, 0.5) is 5.69 Å². The third-order valence-corrected chi connectivity index (χ3v) is 4.91. The van der Waals surface area contributed by atoms with E-state index in [1.54, 1.807) is 13.8 Å². The number of aromatic nitrogens is 1. The summed E-state index contributed by atoms with van der Waals surface area (Å²) in [7, 11) is 0. The lowest BCUT2D eigenvalue weighted by molar-refractivity contribution is -0.153. The molecule has 7 nitrogen and oxygen atoms in total. The molecule has 0 fully saturated rings. The first kappa shape index (κ1) is 21.9. The molecule has 1 heterocycles. The number of aromatic amines is 1. The number of carbonyl (C=O) groups is 2. The van der Waals surface area contributed by atoms with E-state index in [0.29, 0.717) is 23.4 Å². The van der Waals surface area contributed by atoms with E-state index in [9.17, 15) is 14.4 Å². The number of aryl methyl sites for hydroxylation is 3. The molecule has 0 radical (unpaired) electrons. The number of esters is 1. The summed E-state index contributed by atoms with van der Waals surface area (Å²) in [5, 5.41) is 11.9. The number of hydrogen-bond donors (Lipinski definition) is 2. The van der Waals surface area contributed by atoms with E-state index in [-0.39, 0.29) is 12.0 Å². The molecule has 0 bridgehead atoms. The van der Waals surface area contributed by atoms with Crippen LogP contribution in [0.15, 0.2) is 23.0 Å². The monoisotopic (exact) mass is 395 g/mol. The van der Waals surface area contributed by atoms with Gasteiger partial charge in [-0.2, -0.15) is 5.26 Å². The Morgan fingerprint density at radius 3 is 2.41 bits per heavy atom. The van der Waals surface area contributed by atoms with Gasteiger partial charge in [0, 0.05) is 17.8 Å². The number of nitriles is 1. The van der Waals surface area contributed by atoms with Gasteiger partial charge in [-0.25, -0.2) is 0 Å². The number of H-pyrrole nitrogens is 1. The Morgan fingerprint density at radius 2 is 1.83 bits per heavy atom. The molecule has 0 unspecified atom stereocenters. The molecule has 1 amide bonds. The van der Waals surface area contributed by atoms with Gasteiger partial charge in [0.2, 0.25) is 0 Å². The Morgan fingerprint density at radius 1 is 1.21 bits per heavy atom. The predicted molar refractivity (Wildman–Crippen MR) is 110 cm³/mol. The van der Waals surface area contributed by atoms with E-state index in [0.717, 1.165) is 16.7 Å². The highest BCUT2D eigenvalue weighted by atomic mass is 16.5. The van der Waals surface area contributed by atoms with Crippen molar-refractivity contribution in [1.82, 2.24) is 4.98 Å². The van der Waals surface area contributed by atoms with Crippen molar-refractivity contribution in [3.05, 3.63) is 62.1 Å². The second-order valence-electron chi connectivity index (χ2n) is 7.06. The fourth-order valence-electron chi connectivity index (χ4n) is 3.19. The number of benzene rings is 1. The Hall–Kier alpha value is -3.40. The second-order valence-corrected chi connectivity index (χ2v) is 7.06. The molecule has 0 saturated heterocycles. The number of nitrogens with zero attached hydrogens (tertiary/aromatic N) is 1. The van der Waals surface area contributed by atoms with Gasteiger partial charge in [-0.05, 0) is 63.3 Å². The van der Waals surface area contributed by atoms with Crippen molar-refractivity contribution in [2.24, 2.45) is 0 Å². The summed E-state index contributed by atoms with van der Waals surface area (Å²) >= 11 is 0. The minimum atomic E-state index is -0.950. The summed E-state index contributed by atoms with van der Waals surface area (Å²) < 4.78 is 5.26. The van der Waals surface area contributed by atoms with Crippen LogP contribution < -0.4 is 10.9 Å². The largest absolute Gasteiger partial charge is 0.453 e. The van der Waals surface area contributed by atoms with E-state index < -0.39 is 23.5 Å². The van der Waals surface area contributed by atoms with Gasteiger partial charge < -0.3 is 15.0 Å². The van der Waals surface area contributed by atoms with Crippen LogP contribution in [-0.4, -0.2) is 23.0 Å². The molecule has 2 N–H and O–H groups in total. The Kier molecular flexibility index (Phi) is 6.94. The second kappa shape index (κ2) is 9.20. The van der Waals surface area contributed by atoms with Crippen molar-refractivity contribution in [2.45, 2.75) is 53.6 Å². The summed E-state index contributed by atoms with van der Waals surface area (Å²) in [6.07, 6.45) is -0.624. The summed E-state index contributed by atoms with van der Waals surface area (Å²) in [5.74, 6) is -0.934. The lowest BCUT2D eigenvalue weighted by atomic mass is 9.99. The number of ether oxygens (including phenoxy) is 1. The van der Waals surface area contributed by atoms with Crippen LogP contribution in [0, 0.1) is 39.0 Å². The van der Waals surface area contributed by atoms with Crippen molar-refractivity contribution >= 4 is 17.6 Å². The number of para-hydroxylation sites is 1. The number of hydrogen-bond acceptors (Lipinski definition) is 5. The molecule has 1 aromatic heterocycles. The Bertz CT molecular complexity index is 1030. The van der Waals surface area contributed by atoms with Crippen molar-refractivity contribution < 1.29 is 14.3 Å². The average molecular weight is 395 g/mol. The molecule has 2 aromatic rings. The first-order valence-corrected chi connectivity index (χ1v) is 9.34. The van der Waals surface area contributed by atoms with Gasteiger partial charge >= 0.3 is 5.97 Å². The molecule has 1 atom stereocenters. The number of anilines is 1. The van der Waals surface area contributed by atoms with E-state index in [1.165, 1.54) is 6.92 Å². The fraction of sp³-hybridized carbons (Fsp3) is 0.364. The van der Waals surface area contributed by atoms with Gasteiger partial charge in [-0.1, -0.05) is 18.2 Å². The highest BCUT2D eigenvalue weighted by molar-refractivity contribution is 5.96. The van der Waals surface area contributed by atoms with Gasteiger partial charge in [0.1, 0.15) is 11.6 Å². The quantitative estimate of drug-likeness (QED) is 0.730. The minimum absolute atomic E-state index is 0.0274. The van der Waals surface area contributed by atoms with Gasteiger partial charge in [0.05, 0.1) is 0 Å². The molecule has 0 aliphatic rings. The lowest BCUT2D eigenvalue weighted by Crippen LogP contribution is -2.30. The molecule has 0 spiro atoms. The zero-order valence-electron chi connectivity index (χ0n) is 17.3. The highest BCUT2D eigenvalue weighted by Gasteiger charge is 2.20. The molecule has 29 heavy (non-hydrogen) atoms. The molecule has 0 saturated carbocycles. The smallest absolute Gasteiger partial charge is 0.306 e. The van der Waals surface area contributed by atoms with Crippen molar-refractivity contribution in [2.75, 3.05) is 5.32 Å². The normalized spacial score (nSPS) is 11.4. The molecule has 7 heteroatoms. The Balaban J connectivity index is 2.00. The van der Waals surface area contributed by atoms with Gasteiger partial charge in [-0.3, -0.25) is 14.4 Å². The number of rotatable bonds is 6. The molecular weight excluding hydrogens is 370 g/mol. The van der Waals surface area contributed by atoms with Crippen LogP contribution in [0.1, 0.15) is 46.9 Å². The predicted octanol–water partition coefficient (Wildman–Crippen LogP) is 2.98. The molecule has 0 aliphatic carbocycles. The van der Waals surface area contributed by atoms with Gasteiger partial charge in [0.15, 0.2) is 6.10 Å². The lowest BCUT2D eigenvalue weighted by Gasteiger charge is -2.16. The first-order valence-electron chi connectivity index (χ1n) is 9.34. The summed E-state index contributed by atoms with van der Waals surface area (Å²) in [6, 6.07) is 7.58.